The number of ether oxygens (including phenoxy) is 2. The first-order chi connectivity index (χ1) is 12.2. The van der Waals surface area contributed by atoms with Crippen molar-refractivity contribution < 1.29 is 14.3 Å². The predicted octanol–water partition coefficient (Wildman–Crippen LogP) is 5.56. The van der Waals surface area contributed by atoms with E-state index >= 15 is 0 Å². The summed E-state index contributed by atoms with van der Waals surface area (Å²) in [5, 5.41) is 0. The van der Waals surface area contributed by atoms with Crippen LogP contribution in [0.5, 0.6) is 11.5 Å². The Morgan fingerprint density at radius 3 is 2.20 bits per heavy atom. The summed E-state index contributed by atoms with van der Waals surface area (Å²) < 4.78 is 10.9. The number of esters is 1. The molecule has 130 valence electrons. The SMILES string of the molecule is CCOC(=O)c1ccc(Oc2ccc(C3CC4CCC3C4)cc2)cc1. The average molecular weight is 336 g/mol. The van der Waals surface area contributed by atoms with E-state index in [1.807, 2.05) is 0 Å². The van der Waals surface area contributed by atoms with E-state index in [9.17, 15) is 4.79 Å². The molecule has 0 amide bonds. The van der Waals surface area contributed by atoms with Gasteiger partial charge < -0.3 is 9.47 Å². The molecule has 2 saturated carbocycles. The molecule has 2 aromatic rings. The minimum atomic E-state index is -0.302. The van der Waals surface area contributed by atoms with Crippen molar-refractivity contribution in [2.75, 3.05) is 6.61 Å². The van der Waals surface area contributed by atoms with E-state index in [0.29, 0.717) is 12.2 Å². The summed E-state index contributed by atoms with van der Waals surface area (Å²) in [7, 11) is 0. The van der Waals surface area contributed by atoms with Gasteiger partial charge in [-0.05, 0) is 85.9 Å². The van der Waals surface area contributed by atoms with E-state index in [4.69, 9.17) is 9.47 Å². The van der Waals surface area contributed by atoms with Crippen LogP contribution >= 0.6 is 0 Å². The van der Waals surface area contributed by atoms with Gasteiger partial charge >= 0.3 is 5.97 Å². The molecule has 0 aliphatic heterocycles. The van der Waals surface area contributed by atoms with Gasteiger partial charge in [0.25, 0.3) is 0 Å². The van der Waals surface area contributed by atoms with Crippen molar-refractivity contribution in [1.82, 2.24) is 0 Å². The number of fused-ring (bicyclic) bond motifs is 2. The fourth-order valence-electron chi connectivity index (χ4n) is 4.45. The summed E-state index contributed by atoms with van der Waals surface area (Å²) in [6.45, 7) is 2.18. The van der Waals surface area contributed by atoms with Crippen molar-refractivity contribution in [2.24, 2.45) is 11.8 Å². The molecule has 0 N–H and O–H groups in total. The molecule has 3 unspecified atom stereocenters. The van der Waals surface area contributed by atoms with Crippen LogP contribution in [0.2, 0.25) is 0 Å². The molecule has 2 fully saturated rings. The van der Waals surface area contributed by atoms with Crippen LogP contribution in [0.25, 0.3) is 0 Å². The van der Waals surface area contributed by atoms with Crippen LogP contribution in [0.3, 0.4) is 0 Å². The highest BCUT2D eigenvalue weighted by molar-refractivity contribution is 5.89. The summed E-state index contributed by atoms with van der Waals surface area (Å²) >= 11 is 0. The molecule has 2 aliphatic rings. The first-order valence-corrected chi connectivity index (χ1v) is 9.28. The topological polar surface area (TPSA) is 35.5 Å². The predicted molar refractivity (Wildman–Crippen MR) is 97.1 cm³/mol. The Balaban J connectivity index is 1.40. The summed E-state index contributed by atoms with van der Waals surface area (Å²) in [6.07, 6.45) is 5.63. The summed E-state index contributed by atoms with van der Waals surface area (Å²) in [5.74, 6) is 3.86. The summed E-state index contributed by atoms with van der Waals surface area (Å²) in [6, 6.07) is 15.6. The molecule has 0 spiro atoms. The van der Waals surface area contributed by atoms with Gasteiger partial charge in [0.1, 0.15) is 11.5 Å². The number of rotatable bonds is 5. The lowest BCUT2D eigenvalue weighted by Gasteiger charge is -2.22. The van der Waals surface area contributed by atoms with E-state index in [2.05, 4.69) is 24.3 Å². The van der Waals surface area contributed by atoms with Crippen LogP contribution in [0.4, 0.5) is 0 Å². The maximum Gasteiger partial charge on any atom is 0.338 e. The smallest absolute Gasteiger partial charge is 0.338 e. The molecule has 3 atom stereocenters. The van der Waals surface area contributed by atoms with E-state index in [1.54, 1.807) is 31.2 Å². The van der Waals surface area contributed by atoms with Crippen molar-refractivity contribution in [3.05, 3.63) is 59.7 Å². The number of hydrogen-bond donors (Lipinski definition) is 0. The Morgan fingerprint density at radius 2 is 1.64 bits per heavy atom. The first kappa shape index (κ1) is 16.2. The minimum absolute atomic E-state index is 0.302. The van der Waals surface area contributed by atoms with E-state index < -0.39 is 0 Å². The Bertz CT molecular complexity index is 733. The Labute approximate surface area is 149 Å². The van der Waals surface area contributed by atoms with Crippen LogP contribution < -0.4 is 4.74 Å². The second-order valence-corrected chi connectivity index (χ2v) is 7.20. The van der Waals surface area contributed by atoms with E-state index in [1.165, 1.54) is 31.2 Å². The first-order valence-electron chi connectivity index (χ1n) is 9.28. The normalized spacial score (nSPS) is 24.3. The van der Waals surface area contributed by atoms with Gasteiger partial charge in [-0.2, -0.15) is 0 Å². The van der Waals surface area contributed by atoms with Gasteiger partial charge in [-0.1, -0.05) is 18.6 Å². The molecular weight excluding hydrogens is 312 g/mol. The third-order valence-corrected chi connectivity index (χ3v) is 5.65. The molecule has 3 heteroatoms. The monoisotopic (exact) mass is 336 g/mol. The second kappa shape index (κ2) is 6.91. The fourth-order valence-corrected chi connectivity index (χ4v) is 4.45. The molecule has 25 heavy (non-hydrogen) atoms. The third-order valence-electron chi connectivity index (χ3n) is 5.65. The lowest BCUT2D eigenvalue weighted by atomic mass is 9.83. The maximum atomic E-state index is 11.7. The standard InChI is InChI=1S/C22H24O3/c1-2-24-22(23)17-7-11-20(12-8-17)25-19-9-5-16(6-10-19)21-14-15-3-4-18(21)13-15/h5-12,15,18,21H,2-4,13-14H2,1H3. The zero-order valence-corrected chi connectivity index (χ0v) is 14.6. The highest BCUT2D eigenvalue weighted by atomic mass is 16.5. The molecule has 3 nitrogen and oxygen atoms in total. The van der Waals surface area contributed by atoms with Crippen molar-refractivity contribution >= 4 is 5.97 Å². The van der Waals surface area contributed by atoms with Gasteiger partial charge in [0, 0.05) is 0 Å². The van der Waals surface area contributed by atoms with Crippen LogP contribution in [0.15, 0.2) is 48.5 Å². The molecule has 4 rings (SSSR count). The second-order valence-electron chi connectivity index (χ2n) is 7.20. The zero-order chi connectivity index (χ0) is 17.2. The molecule has 0 heterocycles. The number of benzene rings is 2. The molecule has 0 radical (unpaired) electrons. The van der Waals surface area contributed by atoms with Gasteiger partial charge in [-0.15, -0.1) is 0 Å². The molecule has 0 aromatic heterocycles. The quantitative estimate of drug-likeness (QED) is 0.671. The highest BCUT2D eigenvalue weighted by Crippen LogP contribution is 2.52. The average Bonchev–Trinajstić information content (AvgIpc) is 3.27. The Morgan fingerprint density at radius 1 is 0.960 bits per heavy atom. The zero-order valence-electron chi connectivity index (χ0n) is 14.6. The number of carbonyl (C=O) groups excluding carboxylic acids is 1. The Kier molecular flexibility index (Phi) is 4.48. The molecule has 2 aromatic carbocycles. The fraction of sp³-hybridized carbons (Fsp3) is 0.409. The molecule has 2 aliphatic carbocycles. The van der Waals surface area contributed by atoms with Crippen molar-refractivity contribution in [3.8, 4) is 11.5 Å². The highest BCUT2D eigenvalue weighted by Gasteiger charge is 2.39. The van der Waals surface area contributed by atoms with Crippen molar-refractivity contribution in [1.29, 1.82) is 0 Å². The minimum Gasteiger partial charge on any atom is -0.462 e. The third kappa shape index (κ3) is 3.41. The van der Waals surface area contributed by atoms with Gasteiger partial charge in [0.2, 0.25) is 0 Å². The molecule has 0 saturated heterocycles. The van der Waals surface area contributed by atoms with Crippen LogP contribution in [0, 0.1) is 11.8 Å². The van der Waals surface area contributed by atoms with Crippen LogP contribution in [-0.4, -0.2) is 12.6 Å². The van der Waals surface area contributed by atoms with Crippen LogP contribution in [0.1, 0.15) is 54.4 Å². The summed E-state index contributed by atoms with van der Waals surface area (Å²) in [4.78, 5) is 11.7. The lowest BCUT2D eigenvalue weighted by Crippen LogP contribution is -2.08. The number of hydrogen-bond acceptors (Lipinski definition) is 3. The van der Waals surface area contributed by atoms with Crippen molar-refractivity contribution in [2.45, 2.75) is 38.5 Å². The van der Waals surface area contributed by atoms with E-state index in [-0.39, 0.29) is 5.97 Å². The van der Waals surface area contributed by atoms with Crippen LogP contribution in [-0.2, 0) is 4.74 Å². The maximum absolute atomic E-state index is 11.7. The van der Waals surface area contributed by atoms with Gasteiger partial charge in [-0.25, -0.2) is 4.79 Å². The largest absolute Gasteiger partial charge is 0.462 e. The van der Waals surface area contributed by atoms with Gasteiger partial charge in [0.15, 0.2) is 0 Å². The van der Waals surface area contributed by atoms with Gasteiger partial charge in [-0.3, -0.25) is 0 Å². The van der Waals surface area contributed by atoms with Crippen molar-refractivity contribution in [3.63, 3.8) is 0 Å². The summed E-state index contributed by atoms with van der Waals surface area (Å²) in [5.41, 5.74) is 2.00. The molecular formula is C22H24O3. The van der Waals surface area contributed by atoms with Gasteiger partial charge in [0.05, 0.1) is 12.2 Å². The Hall–Kier alpha value is -2.29. The lowest BCUT2D eigenvalue weighted by molar-refractivity contribution is 0.0526. The molecule has 2 bridgehead atoms. The van der Waals surface area contributed by atoms with E-state index in [0.717, 1.165) is 29.3 Å². The number of carbonyl (C=O) groups is 1.